The van der Waals surface area contributed by atoms with Crippen molar-refractivity contribution in [3.8, 4) is 5.69 Å². The van der Waals surface area contributed by atoms with E-state index in [4.69, 9.17) is 0 Å². The molecule has 0 aliphatic heterocycles. The highest BCUT2D eigenvalue weighted by Crippen LogP contribution is 2.13. The molecule has 3 aromatic rings. The molecule has 5 heteroatoms. The van der Waals surface area contributed by atoms with Gasteiger partial charge in [0.1, 0.15) is 5.52 Å². The normalized spacial score (nSPS) is 11.1. The van der Waals surface area contributed by atoms with Crippen LogP contribution in [0.5, 0.6) is 0 Å². The minimum absolute atomic E-state index is 0.0450. The molecule has 0 amide bonds. The predicted molar refractivity (Wildman–Crippen MR) is 81.9 cm³/mol. The van der Waals surface area contributed by atoms with Gasteiger partial charge in [-0.3, -0.25) is 18.7 Å². The molecule has 0 saturated carbocycles. The Morgan fingerprint density at radius 3 is 2.71 bits per heavy atom. The summed E-state index contributed by atoms with van der Waals surface area (Å²) < 4.78 is 3.61. The van der Waals surface area contributed by atoms with E-state index < -0.39 is 0 Å². The Bertz CT molecular complexity index is 817. The van der Waals surface area contributed by atoms with Gasteiger partial charge in [0.15, 0.2) is 0 Å². The number of fused-ring (bicyclic) bond motifs is 1. The lowest BCUT2D eigenvalue weighted by Crippen LogP contribution is -2.22. The zero-order valence-corrected chi connectivity index (χ0v) is 12.3. The number of hydrogen-bond donors (Lipinski definition) is 0. The molecule has 21 heavy (non-hydrogen) atoms. The molecule has 0 aromatic carbocycles. The van der Waals surface area contributed by atoms with Gasteiger partial charge in [0.05, 0.1) is 17.7 Å². The van der Waals surface area contributed by atoms with Crippen molar-refractivity contribution in [3.05, 3.63) is 58.8 Å². The van der Waals surface area contributed by atoms with Crippen LogP contribution in [-0.4, -0.2) is 18.9 Å². The number of unbranched alkanes of at least 4 members (excludes halogenated alkanes) is 1. The van der Waals surface area contributed by atoms with E-state index in [2.05, 4.69) is 16.9 Å². The number of aromatic nitrogens is 4. The molecular formula is C16H18N4O. The maximum Gasteiger partial charge on any atom is 0.281 e. The van der Waals surface area contributed by atoms with Crippen molar-refractivity contribution in [2.45, 2.75) is 33.1 Å². The second-order valence-electron chi connectivity index (χ2n) is 5.15. The van der Waals surface area contributed by atoms with Crippen LogP contribution in [0.1, 0.15) is 31.2 Å². The Hall–Kier alpha value is -2.43. The lowest BCUT2D eigenvalue weighted by Gasteiger charge is -2.11. The van der Waals surface area contributed by atoms with Gasteiger partial charge in [0.2, 0.25) is 0 Å². The average Bonchev–Trinajstić information content (AvgIpc) is 2.90. The smallest absolute Gasteiger partial charge is 0.281 e. The summed E-state index contributed by atoms with van der Waals surface area (Å²) in [7, 11) is 0. The Morgan fingerprint density at radius 1 is 1.24 bits per heavy atom. The number of rotatable bonds is 4. The van der Waals surface area contributed by atoms with E-state index in [1.807, 2.05) is 29.7 Å². The van der Waals surface area contributed by atoms with Gasteiger partial charge in [0.25, 0.3) is 5.56 Å². The number of imidazole rings is 1. The molecule has 0 aliphatic carbocycles. The Balaban J connectivity index is 2.28. The van der Waals surface area contributed by atoms with Crippen molar-refractivity contribution in [3.63, 3.8) is 0 Å². The molecule has 0 unspecified atom stereocenters. The molecule has 0 N–H and O–H groups in total. The molecule has 0 radical (unpaired) electrons. The molecule has 0 atom stereocenters. The highest BCUT2D eigenvalue weighted by molar-refractivity contribution is 5.52. The first-order chi connectivity index (χ1) is 10.2. The van der Waals surface area contributed by atoms with Crippen LogP contribution in [0.25, 0.3) is 11.2 Å². The van der Waals surface area contributed by atoms with Crippen LogP contribution in [0.3, 0.4) is 0 Å². The first-order valence-corrected chi connectivity index (χ1v) is 7.21. The summed E-state index contributed by atoms with van der Waals surface area (Å²) in [6.07, 6.45) is 10.2. The van der Waals surface area contributed by atoms with Crippen molar-refractivity contribution in [2.24, 2.45) is 0 Å². The third-order valence-corrected chi connectivity index (χ3v) is 3.69. The highest BCUT2D eigenvalue weighted by atomic mass is 16.1. The SMILES string of the molecule is CCCCc1cn(-c2ccncc2)c(=O)c2c(C)ncn12. The summed E-state index contributed by atoms with van der Waals surface area (Å²) in [5, 5.41) is 0. The maximum absolute atomic E-state index is 12.7. The van der Waals surface area contributed by atoms with Gasteiger partial charge in [-0.05, 0) is 31.9 Å². The van der Waals surface area contributed by atoms with E-state index in [0.29, 0.717) is 5.52 Å². The summed E-state index contributed by atoms with van der Waals surface area (Å²) in [6.45, 7) is 4.03. The van der Waals surface area contributed by atoms with Gasteiger partial charge in [-0.15, -0.1) is 0 Å². The first-order valence-electron chi connectivity index (χ1n) is 7.21. The maximum atomic E-state index is 12.7. The molecule has 0 aliphatic rings. The first kappa shape index (κ1) is 13.5. The van der Waals surface area contributed by atoms with Crippen molar-refractivity contribution >= 4 is 5.52 Å². The van der Waals surface area contributed by atoms with E-state index in [1.165, 1.54) is 0 Å². The molecule has 0 spiro atoms. The lowest BCUT2D eigenvalue weighted by molar-refractivity contribution is 0.750. The predicted octanol–water partition coefficient (Wildman–Crippen LogP) is 2.53. The summed E-state index contributed by atoms with van der Waals surface area (Å²) >= 11 is 0. The highest BCUT2D eigenvalue weighted by Gasteiger charge is 2.12. The summed E-state index contributed by atoms with van der Waals surface area (Å²) in [6, 6.07) is 3.68. The molecular weight excluding hydrogens is 264 g/mol. The number of hydrogen-bond acceptors (Lipinski definition) is 3. The minimum atomic E-state index is -0.0450. The Labute approximate surface area is 122 Å². The molecule has 0 saturated heterocycles. The van der Waals surface area contributed by atoms with Gasteiger partial charge in [0, 0.05) is 24.3 Å². The minimum Gasteiger partial charge on any atom is -0.297 e. The topological polar surface area (TPSA) is 52.2 Å². The van der Waals surface area contributed by atoms with Crippen molar-refractivity contribution in [1.29, 1.82) is 0 Å². The van der Waals surface area contributed by atoms with Crippen LogP contribution in [0.2, 0.25) is 0 Å². The van der Waals surface area contributed by atoms with Gasteiger partial charge in [-0.1, -0.05) is 13.3 Å². The number of aryl methyl sites for hydroxylation is 2. The number of nitrogens with zero attached hydrogens (tertiary/aromatic N) is 4. The van der Waals surface area contributed by atoms with E-state index >= 15 is 0 Å². The summed E-state index contributed by atoms with van der Waals surface area (Å²) in [4.78, 5) is 21.0. The quantitative estimate of drug-likeness (QED) is 0.739. The van der Waals surface area contributed by atoms with Crippen molar-refractivity contribution in [1.82, 2.24) is 18.9 Å². The molecule has 108 valence electrons. The third kappa shape index (κ3) is 2.35. The van der Waals surface area contributed by atoms with Crippen LogP contribution in [0.15, 0.2) is 41.8 Å². The van der Waals surface area contributed by atoms with Crippen LogP contribution >= 0.6 is 0 Å². The van der Waals surface area contributed by atoms with Crippen LogP contribution in [-0.2, 0) is 6.42 Å². The standard InChI is InChI=1S/C16H18N4O/c1-3-4-5-14-10-19(13-6-8-17-9-7-13)16(21)15-12(2)18-11-20(14)15/h6-11H,3-5H2,1-2H3. The largest absolute Gasteiger partial charge is 0.297 e. The van der Waals surface area contributed by atoms with Crippen molar-refractivity contribution < 1.29 is 0 Å². The molecule has 3 heterocycles. The van der Waals surface area contributed by atoms with Crippen LogP contribution < -0.4 is 5.56 Å². The van der Waals surface area contributed by atoms with E-state index in [1.54, 1.807) is 23.3 Å². The second-order valence-corrected chi connectivity index (χ2v) is 5.15. The van der Waals surface area contributed by atoms with E-state index in [9.17, 15) is 4.79 Å². The fraction of sp³-hybridized carbons (Fsp3) is 0.312. The monoisotopic (exact) mass is 282 g/mol. The summed E-state index contributed by atoms with van der Waals surface area (Å²) in [5.41, 5.74) is 3.30. The zero-order chi connectivity index (χ0) is 14.8. The summed E-state index contributed by atoms with van der Waals surface area (Å²) in [5.74, 6) is 0. The van der Waals surface area contributed by atoms with Crippen LogP contribution in [0.4, 0.5) is 0 Å². The Kier molecular flexibility index (Phi) is 3.56. The van der Waals surface area contributed by atoms with E-state index in [-0.39, 0.29) is 5.56 Å². The molecule has 3 rings (SSSR count). The fourth-order valence-corrected chi connectivity index (χ4v) is 2.54. The third-order valence-electron chi connectivity index (χ3n) is 3.69. The van der Waals surface area contributed by atoms with E-state index in [0.717, 1.165) is 36.3 Å². The second kappa shape index (κ2) is 5.52. The fourth-order valence-electron chi connectivity index (χ4n) is 2.54. The molecule has 0 bridgehead atoms. The Morgan fingerprint density at radius 2 is 2.00 bits per heavy atom. The van der Waals surface area contributed by atoms with Crippen LogP contribution in [0, 0.1) is 6.92 Å². The average molecular weight is 282 g/mol. The van der Waals surface area contributed by atoms with Gasteiger partial charge in [-0.25, -0.2) is 4.98 Å². The van der Waals surface area contributed by atoms with Gasteiger partial charge < -0.3 is 0 Å². The zero-order valence-electron chi connectivity index (χ0n) is 12.3. The molecule has 3 aromatic heterocycles. The molecule has 0 fully saturated rings. The lowest BCUT2D eigenvalue weighted by atomic mass is 10.2. The van der Waals surface area contributed by atoms with Crippen molar-refractivity contribution in [2.75, 3.05) is 0 Å². The van der Waals surface area contributed by atoms with Gasteiger partial charge >= 0.3 is 0 Å². The van der Waals surface area contributed by atoms with Gasteiger partial charge in [-0.2, -0.15) is 0 Å². The number of pyridine rings is 1. The molecule has 5 nitrogen and oxygen atoms in total.